The van der Waals surface area contributed by atoms with E-state index in [1.54, 1.807) is 23.0 Å². The van der Waals surface area contributed by atoms with Gasteiger partial charge in [-0.25, -0.2) is 0 Å². The van der Waals surface area contributed by atoms with E-state index in [9.17, 15) is 0 Å². The maximum absolute atomic E-state index is 3.74. The van der Waals surface area contributed by atoms with Gasteiger partial charge in [0.1, 0.15) is 0 Å². The number of nitrogens with zero attached hydrogens (tertiary/aromatic N) is 1. The second-order valence-corrected chi connectivity index (χ2v) is 1.43. The summed E-state index contributed by atoms with van der Waals surface area (Å²) >= 11 is 1.60. The maximum Gasteiger partial charge on any atom is 0.0791 e. The van der Waals surface area contributed by atoms with Crippen LogP contribution in [0.1, 0.15) is 0 Å². The van der Waals surface area contributed by atoms with E-state index in [0.29, 0.717) is 0 Å². The molecule has 0 amide bonds. The first kappa shape index (κ1) is 6.43. The van der Waals surface area contributed by atoms with E-state index in [4.69, 9.17) is 0 Å². The van der Waals surface area contributed by atoms with Crippen molar-refractivity contribution in [2.24, 2.45) is 0 Å². The van der Waals surface area contributed by atoms with Crippen molar-refractivity contribution in [3.63, 3.8) is 0 Å². The van der Waals surface area contributed by atoms with Crippen molar-refractivity contribution in [3.05, 3.63) is 17.1 Å². The average molecular weight is 206 g/mol. The van der Waals surface area contributed by atoms with Crippen LogP contribution in [0.15, 0.2) is 17.1 Å². The zero-order chi connectivity index (χ0) is 3.54. The van der Waals surface area contributed by atoms with Crippen molar-refractivity contribution in [3.8, 4) is 0 Å². The van der Waals surface area contributed by atoms with E-state index in [1.807, 2.05) is 5.38 Å². The molecule has 1 rings (SSSR count). The first-order valence-electron chi connectivity index (χ1n) is 1.32. The van der Waals surface area contributed by atoms with Crippen LogP contribution in [0.25, 0.3) is 0 Å². The van der Waals surface area contributed by atoms with Crippen LogP contribution in [0, 0.1) is 0 Å². The van der Waals surface area contributed by atoms with Crippen LogP contribution in [-0.4, -0.2) is 28.9 Å². The fourth-order valence-corrected chi connectivity index (χ4v) is 0.527. The smallest absolute Gasteiger partial charge is 0.0791 e. The maximum atomic E-state index is 3.74. The molecule has 32 valence electrons. The number of aromatic nitrogens is 1. The van der Waals surface area contributed by atoms with Gasteiger partial charge in [-0.1, -0.05) is 0 Å². The summed E-state index contributed by atoms with van der Waals surface area (Å²) in [5.74, 6) is 0. The molecule has 1 aromatic heterocycles. The van der Waals surface area contributed by atoms with Crippen LogP contribution < -0.4 is 0 Å². The molecule has 0 bridgehead atoms. The molecule has 1 nitrogen and oxygen atoms in total. The van der Waals surface area contributed by atoms with Crippen molar-refractivity contribution >= 4 is 35.2 Å². The molecule has 0 saturated carbocycles. The Bertz CT molecular complexity index is 67.3. The van der Waals surface area contributed by atoms with Crippen molar-refractivity contribution < 1.29 is 0 Å². The topological polar surface area (TPSA) is 12.9 Å². The number of thiazole rings is 1. The molecular formula is C3H5NSSn. The Morgan fingerprint density at radius 3 is 2.50 bits per heavy atom. The molecule has 0 spiro atoms. The standard InChI is InChI=1S/C3H3NS.Sn.2H/c1-2-5-3-4-1;;;/h1-3H;;;. The van der Waals surface area contributed by atoms with Crippen LogP contribution in [0.2, 0.25) is 0 Å². The third kappa shape index (κ3) is 1.77. The monoisotopic (exact) mass is 207 g/mol. The Balaban J connectivity index is 0.000000250. The Morgan fingerprint density at radius 2 is 2.33 bits per heavy atom. The minimum absolute atomic E-state index is 0. The van der Waals surface area contributed by atoms with Crippen LogP contribution in [0.5, 0.6) is 0 Å². The normalized spacial score (nSPS) is 6.67. The molecule has 1 aromatic rings. The SMILES string of the molecule is [SnH2].c1cscn1. The molecular weight excluding hydrogens is 201 g/mol. The molecule has 0 aliphatic carbocycles. The molecule has 1 heterocycles. The quantitative estimate of drug-likeness (QED) is 0.553. The molecule has 0 unspecified atom stereocenters. The predicted molar refractivity (Wildman–Crippen MR) is 30.7 cm³/mol. The van der Waals surface area contributed by atoms with E-state index >= 15 is 0 Å². The fraction of sp³-hybridized carbons (Fsp3) is 0. The summed E-state index contributed by atoms with van der Waals surface area (Å²) in [4.78, 5) is 3.74. The Morgan fingerprint density at radius 1 is 1.50 bits per heavy atom. The molecule has 0 fully saturated rings. The largest absolute Gasteiger partial charge is 0.253 e. The summed E-state index contributed by atoms with van der Waals surface area (Å²) in [5, 5.41) is 1.93. The first-order chi connectivity index (χ1) is 2.50. The Labute approximate surface area is 57.4 Å². The van der Waals surface area contributed by atoms with E-state index in [1.165, 1.54) is 0 Å². The zero-order valence-electron chi connectivity index (χ0n) is 3.29. The summed E-state index contributed by atoms with van der Waals surface area (Å²) in [6.07, 6.45) is 1.77. The summed E-state index contributed by atoms with van der Waals surface area (Å²) in [5.41, 5.74) is 1.79. The zero-order valence-corrected chi connectivity index (χ0v) is 8.15. The number of rotatable bonds is 0. The van der Waals surface area contributed by atoms with Gasteiger partial charge in [-0.05, 0) is 0 Å². The number of hydrogen-bond donors (Lipinski definition) is 0. The van der Waals surface area contributed by atoms with Gasteiger partial charge in [0.05, 0.1) is 5.51 Å². The molecule has 2 radical (unpaired) electrons. The van der Waals surface area contributed by atoms with Gasteiger partial charge >= 0.3 is 23.9 Å². The average Bonchev–Trinajstić information content (AvgIpc) is 1.76. The van der Waals surface area contributed by atoms with Gasteiger partial charge in [0.25, 0.3) is 0 Å². The van der Waals surface area contributed by atoms with E-state index in [-0.39, 0.29) is 23.9 Å². The third-order valence-corrected chi connectivity index (χ3v) is 0.869. The Hall–Kier alpha value is 0.429. The summed E-state index contributed by atoms with van der Waals surface area (Å²) in [6.45, 7) is 0. The number of hydrogen-bond acceptors (Lipinski definition) is 2. The molecule has 0 aliphatic heterocycles. The van der Waals surface area contributed by atoms with Gasteiger partial charge in [0.15, 0.2) is 0 Å². The van der Waals surface area contributed by atoms with Gasteiger partial charge in [0, 0.05) is 11.6 Å². The van der Waals surface area contributed by atoms with Gasteiger partial charge < -0.3 is 0 Å². The van der Waals surface area contributed by atoms with E-state index in [0.717, 1.165) is 0 Å². The summed E-state index contributed by atoms with van der Waals surface area (Å²) in [7, 11) is 0. The summed E-state index contributed by atoms with van der Waals surface area (Å²) < 4.78 is 0. The Kier molecular flexibility index (Phi) is 3.87. The molecule has 0 atom stereocenters. The molecule has 0 N–H and O–H groups in total. The minimum Gasteiger partial charge on any atom is -0.253 e. The van der Waals surface area contributed by atoms with Gasteiger partial charge in [0.2, 0.25) is 0 Å². The van der Waals surface area contributed by atoms with Crippen LogP contribution in [0.3, 0.4) is 0 Å². The van der Waals surface area contributed by atoms with Gasteiger partial charge in [-0.3, -0.25) is 4.98 Å². The first-order valence-corrected chi connectivity index (χ1v) is 2.26. The van der Waals surface area contributed by atoms with Crippen molar-refractivity contribution in [1.29, 1.82) is 0 Å². The molecule has 3 heteroatoms. The molecule has 6 heavy (non-hydrogen) atoms. The van der Waals surface area contributed by atoms with Crippen LogP contribution in [-0.2, 0) is 0 Å². The van der Waals surface area contributed by atoms with E-state index < -0.39 is 0 Å². The van der Waals surface area contributed by atoms with Gasteiger partial charge in [-0.15, -0.1) is 11.3 Å². The second-order valence-electron chi connectivity index (χ2n) is 0.676. The minimum atomic E-state index is 0. The van der Waals surface area contributed by atoms with Crippen molar-refractivity contribution in [2.75, 3.05) is 0 Å². The molecule has 0 aliphatic rings. The van der Waals surface area contributed by atoms with Crippen LogP contribution >= 0.6 is 11.3 Å². The fourth-order valence-electron chi connectivity index (χ4n) is 0.176. The molecule has 0 aromatic carbocycles. The van der Waals surface area contributed by atoms with Gasteiger partial charge in [-0.2, -0.15) is 0 Å². The van der Waals surface area contributed by atoms with Crippen molar-refractivity contribution in [1.82, 2.24) is 4.98 Å². The van der Waals surface area contributed by atoms with E-state index in [2.05, 4.69) is 4.98 Å². The predicted octanol–water partition coefficient (Wildman–Crippen LogP) is 0.227. The summed E-state index contributed by atoms with van der Waals surface area (Å²) in [6, 6.07) is 0. The molecule has 0 saturated heterocycles. The van der Waals surface area contributed by atoms with Crippen molar-refractivity contribution in [2.45, 2.75) is 0 Å². The second kappa shape index (κ2) is 3.61. The van der Waals surface area contributed by atoms with Crippen LogP contribution in [0.4, 0.5) is 0 Å². The third-order valence-electron chi connectivity index (χ3n) is 0.347.